The van der Waals surface area contributed by atoms with Gasteiger partial charge in [-0.15, -0.1) is 0 Å². The summed E-state index contributed by atoms with van der Waals surface area (Å²) in [5, 5.41) is 0. The predicted molar refractivity (Wildman–Crippen MR) is 4.99 cm³/mol. The molecule has 0 aliphatic carbocycles. The molecule has 0 rings (SSSR count). The number of hydrogen-bond donors (Lipinski definition) is 0. The monoisotopic (exact) mass is 258 g/mol. The maximum atomic E-state index is 8.58. The molecule has 56 valence electrons. The zero-order valence-corrected chi connectivity index (χ0v) is 9.13. The van der Waals surface area contributed by atoms with Crippen molar-refractivity contribution < 1.29 is 85.8 Å². The normalized spacial score (nSPS) is 5.20. The first-order valence-corrected chi connectivity index (χ1v) is 5.05. The van der Waals surface area contributed by atoms with E-state index in [0.717, 1.165) is 0 Å². The van der Waals surface area contributed by atoms with E-state index in [1.165, 1.54) is 0 Å². The third-order valence-electron chi connectivity index (χ3n) is 0. The van der Waals surface area contributed by atoms with Gasteiger partial charge in [-0.05, 0) is 0 Å². The van der Waals surface area contributed by atoms with Crippen LogP contribution in [0.1, 0.15) is 0 Å². The van der Waals surface area contributed by atoms with E-state index in [4.69, 9.17) is 21.4 Å². The fourth-order valence-corrected chi connectivity index (χ4v) is 0. The van der Waals surface area contributed by atoms with Gasteiger partial charge in [-0.25, -0.2) is 0 Å². The first-order valence-electron chi connectivity index (χ1n) is 1.22. The zero-order chi connectivity index (χ0) is 7.15. The molecular formula is H2O7Ti3. The summed E-state index contributed by atoms with van der Waals surface area (Å²) in [6.07, 6.45) is 0. The summed E-state index contributed by atoms with van der Waals surface area (Å²) < 4.78 is 51.5. The first-order chi connectivity index (χ1) is 3.46. The Morgan fingerprint density at radius 1 is 0.800 bits per heavy atom. The molecule has 7 nitrogen and oxygen atoms in total. The van der Waals surface area contributed by atoms with Gasteiger partial charge >= 0.3 is 80.4 Å². The molecule has 0 bridgehead atoms. The molecule has 0 fully saturated rings. The minimum absolute atomic E-state index is 0. The summed E-state index contributed by atoms with van der Waals surface area (Å²) in [6.45, 7) is 0. The molecule has 2 N–H and O–H groups in total. The van der Waals surface area contributed by atoms with Gasteiger partial charge in [-0.2, -0.15) is 0 Å². The minimum atomic E-state index is -4.08. The molecule has 0 saturated carbocycles. The van der Waals surface area contributed by atoms with Gasteiger partial charge in [0.05, 0.1) is 0 Å². The van der Waals surface area contributed by atoms with Crippen LogP contribution in [-0.2, 0) is 65.6 Å². The molecule has 0 aromatic carbocycles. The molecule has 0 aromatic rings. The van der Waals surface area contributed by atoms with Crippen molar-refractivity contribution in [3.8, 4) is 0 Å². The standard InChI is InChI=1S/H2O.6O.3Ti/h1H2;;;;;;;;;/q;;;4*-1;;;+4. The van der Waals surface area contributed by atoms with E-state index < -0.39 is 37.2 Å². The third-order valence-corrected chi connectivity index (χ3v) is 0. The van der Waals surface area contributed by atoms with Crippen molar-refractivity contribution in [1.29, 1.82) is 0 Å². The van der Waals surface area contributed by atoms with Crippen LogP contribution in [0.15, 0.2) is 0 Å². The molecule has 0 amide bonds. The Kier molecular flexibility index (Phi) is 38.1. The molecule has 0 atom stereocenters. The molecule has 0 aromatic heterocycles. The topological polar surface area (TPSA) is 158 Å². The summed E-state index contributed by atoms with van der Waals surface area (Å²) in [6, 6.07) is 0. The van der Waals surface area contributed by atoms with Crippen molar-refractivity contribution >= 4 is 0 Å². The van der Waals surface area contributed by atoms with E-state index in [0.29, 0.717) is 0 Å². The van der Waals surface area contributed by atoms with E-state index in [2.05, 4.69) is 0 Å². The summed E-state index contributed by atoms with van der Waals surface area (Å²) in [5.74, 6) is 0. The van der Waals surface area contributed by atoms with Crippen molar-refractivity contribution in [3.05, 3.63) is 0 Å². The van der Waals surface area contributed by atoms with Crippen LogP contribution in [0.25, 0.3) is 0 Å². The molecule has 10 heavy (non-hydrogen) atoms. The Hall–Kier alpha value is 1.54. The van der Waals surface area contributed by atoms with Gasteiger partial charge in [0, 0.05) is 0 Å². The minimum Gasteiger partial charge on any atom is 4.00 e. The Balaban J connectivity index is -0.0000000300. The van der Waals surface area contributed by atoms with E-state index in [9.17, 15) is 0 Å². The molecule has 0 saturated heterocycles. The molecule has 0 spiro atoms. The molecule has 0 aliphatic rings. The second-order valence-corrected chi connectivity index (χ2v) is 2.06. The molecular weight excluding hydrogens is 256 g/mol. The Morgan fingerprint density at radius 2 is 0.800 bits per heavy atom. The van der Waals surface area contributed by atoms with Crippen molar-refractivity contribution in [2.45, 2.75) is 0 Å². The number of hydrogen-bond acceptors (Lipinski definition) is 6. The Labute approximate surface area is 85.1 Å². The van der Waals surface area contributed by atoms with Crippen molar-refractivity contribution in [1.82, 2.24) is 0 Å². The Bertz CT molecular complexity index is 66.9. The summed E-state index contributed by atoms with van der Waals surface area (Å²) in [5.41, 5.74) is 0. The van der Waals surface area contributed by atoms with Crippen LogP contribution in [0.3, 0.4) is 0 Å². The van der Waals surface area contributed by atoms with Gasteiger partial charge in [0.2, 0.25) is 0 Å². The summed E-state index contributed by atoms with van der Waals surface area (Å²) in [7, 11) is 0. The van der Waals surface area contributed by atoms with Gasteiger partial charge in [0.1, 0.15) is 0 Å². The van der Waals surface area contributed by atoms with Gasteiger partial charge in [0.15, 0.2) is 0 Å². The van der Waals surface area contributed by atoms with Gasteiger partial charge < -0.3 is 5.48 Å². The number of rotatable bonds is 0. The van der Waals surface area contributed by atoms with Crippen LogP contribution >= 0.6 is 0 Å². The van der Waals surface area contributed by atoms with Crippen LogP contribution in [0.4, 0.5) is 0 Å². The molecule has 10 heteroatoms. The largest absolute Gasteiger partial charge is 4.00 e. The molecule has 0 heterocycles. The quantitative estimate of drug-likeness (QED) is 0.393. The van der Waals surface area contributed by atoms with Crippen molar-refractivity contribution in [3.63, 3.8) is 0 Å². The zero-order valence-electron chi connectivity index (χ0n) is 4.45. The maximum absolute atomic E-state index is 8.58. The smallest absolute Gasteiger partial charge is 4.00 e. The van der Waals surface area contributed by atoms with Crippen LogP contribution in [0.2, 0.25) is 0 Å². The fraction of sp³-hybridized carbons (Fsp3) is 0. The maximum Gasteiger partial charge on any atom is 4.00 e. The molecule has 0 radical (unpaired) electrons. The summed E-state index contributed by atoms with van der Waals surface area (Å²) in [4.78, 5) is 0. The van der Waals surface area contributed by atoms with E-state index in [1.807, 2.05) is 0 Å². The second kappa shape index (κ2) is 16.9. The van der Waals surface area contributed by atoms with Crippen LogP contribution in [-0.4, -0.2) is 5.48 Å². The van der Waals surface area contributed by atoms with Gasteiger partial charge in [-0.1, -0.05) is 0 Å². The van der Waals surface area contributed by atoms with E-state index >= 15 is 0 Å². The third kappa shape index (κ3) is 293. The van der Waals surface area contributed by atoms with Crippen LogP contribution in [0, 0.1) is 0 Å². The molecule has 0 aliphatic heterocycles. The van der Waals surface area contributed by atoms with Crippen LogP contribution < -0.4 is 14.8 Å². The summed E-state index contributed by atoms with van der Waals surface area (Å²) >= 11 is -8.17. The average Bonchev–Trinajstić information content (AvgIpc) is 1.25. The van der Waals surface area contributed by atoms with Crippen molar-refractivity contribution in [2.75, 3.05) is 0 Å². The first kappa shape index (κ1) is 22.6. The second-order valence-electron chi connectivity index (χ2n) is 0.500. The fourth-order valence-electron chi connectivity index (χ4n) is 0. The van der Waals surface area contributed by atoms with E-state index in [-0.39, 0.29) is 27.2 Å². The predicted octanol–water partition coefficient (Wildman–Crippen LogP) is -5.83. The SMILES string of the molecule is O.[O]=[Ti]([O-])[O-].[O]=[Ti]([O-])[O-].[Ti+4]. The van der Waals surface area contributed by atoms with Gasteiger partial charge in [0.25, 0.3) is 0 Å². The van der Waals surface area contributed by atoms with Crippen molar-refractivity contribution in [2.24, 2.45) is 0 Å². The van der Waals surface area contributed by atoms with E-state index in [1.54, 1.807) is 0 Å². The van der Waals surface area contributed by atoms with Crippen LogP contribution in [0.5, 0.6) is 0 Å². The average molecular weight is 258 g/mol. The van der Waals surface area contributed by atoms with Gasteiger partial charge in [-0.3, -0.25) is 0 Å². The molecule has 0 unspecified atom stereocenters. The Morgan fingerprint density at radius 3 is 0.800 bits per heavy atom.